The average molecular weight is 444 g/mol. The van der Waals surface area contributed by atoms with Gasteiger partial charge in [-0.2, -0.15) is 0 Å². The number of halogens is 1. The Kier molecular flexibility index (Phi) is 5.69. The predicted octanol–water partition coefficient (Wildman–Crippen LogP) is 3.90. The maximum atomic E-state index is 12.9. The molecule has 0 bridgehead atoms. The minimum absolute atomic E-state index is 0.0365. The molecule has 7 nitrogen and oxygen atoms in total. The standard InChI is InChI=1S/C21H18ClN3O4S/c1-29-16-8-12(26)6-7-13(16)14-9-17(27)23-19-18(14)20(28)25-21(24-19)30-10-11-4-2-3-5-15(11)22/h2-8,14,26H,9-10H2,1H3,(H2,23,24,25,27,28)/t14-/m0/s1. The van der Waals surface area contributed by atoms with Crippen molar-refractivity contribution in [2.24, 2.45) is 0 Å². The first-order chi connectivity index (χ1) is 14.5. The van der Waals surface area contributed by atoms with Gasteiger partial charge in [0.15, 0.2) is 5.16 Å². The Hall–Kier alpha value is -2.97. The van der Waals surface area contributed by atoms with Crippen LogP contribution in [0, 0.1) is 0 Å². The zero-order valence-corrected chi connectivity index (χ0v) is 17.5. The molecule has 0 aliphatic carbocycles. The number of phenolic OH excluding ortho intramolecular Hbond substituents is 1. The molecule has 30 heavy (non-hydrogen) atoms. The van der Waals surface area contributed by atoms with E-state index in [4.69, 9.17) is 16.3 Å². The van der Waals surface area contributed by atoms with E-state index in [0.717, 1.165) is 5.56 Å². The summed E-state index contributed by atoms with van der Waals surface area (Å²) in [5.74, 6) is 0.402. The number of benzene rings is 2. The molecule has 1 aliphatic heterocycles. The summed E-state index contributed by atoms with van der Waals surface area (Å²) in [5.41, 5.74) is 1.58. The molecular formula is C21H18ClN3O4S. The zero-order valence-electron chi connectivity index (χ0n) is 15.9. The number of aromatic nitrogens is 2. The molecule has 2 aromatic carbocycles. The Morgan fingerprint density at radius 1 is 1.27 bits per heavy atom. The lowest BCUT2D eigenvalue weighted by Gasteiger charge is -2.25. The molecule has 3 N–H and O–H groups in total. The Morgan fingerprint density at radius 2 is 2.07 bits per heavy atom. The van der Waals surface area contributed by atoms with Gasteiger partial charge in [-0.25, -0.2) is 4.98 Å². The largest absolute Gasteiger partial charge is 0.508 e. The van der Waals surface area contributed by atoms with Crippen molar-refractivity contribution in [3.05, 3.63) is 74.5 Å². The molecule has 3 aromatic rings. The lowest BCUT2D eigenvalue weighted by atomic mass is 9.86. The first kappa shape index (κ1) is 20.3. The lowest BCUT2D eigenvalue weighted by Crippen LogP contribution is -2.31. The van der Waals surface area contributed by atoms with Crippen molar-refractivity contribution in [2.45, 2.75) is 23.2 Å². The number of H-pyrrole nitrogens is 1. The fraction of sp³-hybridized carbons (Fsp3) is 0.190. The number of ether oxygens (including phenoxy) is 1. The minimum Gasteiger partial charge on any atom is -0.508 e. The van der Waals surface area contributed by atoms with Gasteiger partial charge in [0.1, 0.15) is 17.3 Å². The van der Waals surface area contributed by atoms with Crippen molar-refractivity contribution >= 4 is 35.1 Å². The molecule has 0 radical (unpaired) electrons. The van der Waals surface area contributed by atoms with Crippen LogP contribution in [0.4, 0.5) is 5.82 Å². The molecule has 4 rings (SSSR count). The summed E-state index contributed by atoms with van der Waals surface area (Å²) in [4.78, 5) is 32.5. The van der Waals surface area contributed by atoms with Crippen LogP contribution in [-0.2, 0) is 10.5 Å². The van der Waals surface area contributed by atoms with Gasteiger partial charge in [0.25, 0.3) is 5.56 Å². The number of fused-ring (bicyclic) bond motifs is 1. The summed E-state index contributed by atoms with van der Waals surface area (Å²) in [5, 5.41) is 13.4. The van der Waals surface area contributed by atoms with Crippen LogP contribution in [0.15, 0.2) is 52.4 Å². The number of rotatable bonds is 5. The SMILES string of the molecule is COc1cc(O)ccc1[C@@H]1CC(=O)Nc2nc(SCc3ccccc3Cl)[nH]c(=O)c21. The molecular weight excluding hydrogens is 426 g/mol. The van der Waals surface area contributed by atoms with E-state index in [2.05, 4.69) is 15.3 Å². The van der Waals surface area contributed by atoms with E-state index < -0.39 is 5.92 Å². The van der Waals surface area contributed by atoms with Crippen LogP contribution in [-0.4, -0.2) is 28.1 Å². The number of amides is 1. The Morgan fingerprint density at radius 3 is 2.83 bits per heavy atom. The van der Waals surface area contributed by atoms with Crippen molar-refractivity contribution in [3.63, 3.8) is 0 Å². The average Bonchev–Trinajstić information content (AvgIpc) is 2.72. The fourth-order valence-electron chi connectivity index (χ4n) is 3.43. The first-order valence-electron chi connectivity index (χ1n) is 9.13. The van der Waals surface area contributed by atoms with Crippen molar-refractivity contribution in [1.82, 2.24) is 9.97 Å². The highest BCUT2D eigenvalue weighted by molar-refractivity contribution is 7.98. The second-order valence-corrected chi connectivity index (χ2v) is 8.12. The molecule has 0 unspecified atom stereocenters. The lowest BCUT2D eigenvalue weighted by molar-refractivity contribution is -0.116. The minimum atomic E-state index is -0.539. The summed E-state index contributed by atoms with van der Waals surface area (Å²) in [7, 11) is 1.47. The van der Waals surface area contributed by atoms with Gasteiger partial charge in [0.05, 0.1) is 12.7 Å². The molecule has 0 spiro atoms. The van der Waals surface area contributed by atoms with Crippen molar-refractivity contribution in [2.75, 3.05) is 12.4 Å². The van der Waals surface area contributed by atoms with Crippen LogP contribution in [0.3, 0.4) is 0 Å². The highest BCUT2D eigenvalue weighted by atomic mass is 35.5. The van der Waals surface area contributed by atoms with Crippen LogP contribution in [0.1, 0.15) is 29.0 Å². The van der Waals surface area contributed by atoms with Gasteiger partial charge in [0.2, 0.25) is 5.91 Å². The maximum absolute atomic E-state index is 12.9. The molecule has 9 heteroatoms. The maximum Gasteiger partial charge on any atom is 0.257 e. The number of nitrogens with one attached hydrogen (secondary N) is 2. The molecule has 0 fully saturated rings. The third-order valence-corrected chi connectivity index (χ3v) is 6.13. The van der Waals surface area contributed by atoms with E-state index in [9.17, 15) is 14.7 Å². The number of aromatic hydroxyl groups is 1. The predicted molar refractivity (Wildman–Crippen MR) is 116 cm³/mol. The molecule has 2 heterocycles. The normalized spacial score (nSPS) is 15.4. The molecule has 154 valence electrons. The van der Waals surface area contributed by atoms with E-state index >= 15 is 0 Å². The molecule has 1 atom stereocenters. The number of phenols is 1. The van der Waals surface area contributed by atoms with Crippen LogP contribution in [0.25, 0.3) is 0 Å². The van der Waals surface area contributed by atoms with Gasteiger partial charge >= 0.3 is 0 Å². The van der Waals surface area contributed by atoms with E-state index in [1.54, 1.807) is 12.1 Å². The number of anilines is 1. The van der Waals surface area contributed by atoms with Crippen LogP contribution < -0.4 is 15.6 Å². The Balaban J connectivity index is 1.70. The quantitative estimate of drug-likeness (QED) is 0.408. The van der Waals surface area contributed by atoms with Gasteiger partial charge in [0, 0.05) is 34.7 Å². The van der Waals surface area contributed by atoms with Crippen LogP contribution in [0.2, 0.25) is 5.02 Å². The zero-order chi connectivity index (χ0) is 21.3. The Labute approximate surface area is 181 Å². The third-order valence-electron chi connectivity index (χ3n) is 4.84. The topological polar surface area (TPSA) is 104 Å². The van der Waals surface area contributed by atoms with Gasteiger partial charge in [-0.3, -0.25) is 9.59 Å². The van der Waals surface area contributed by atoms with Crippen molar-refractivity contribution in [3.8, 4) is 11.5 Å². The Bertz CT molecular complexity index is 1180. The summed E-state index contributed by atoms with van der Waals surface area (Å²) < 4.78 is 5.35. The number of hydrogen-bond donors (Lipinski definition) is 3. The molecule has 1 aliphatic rings. The smallest absolute Gasteiger partial charge is 0.257 e. The molecule has 0 saturated heterocycles. The van der Waals surface area contributed by atoms with Crippen molar-refractivity contribution < 1.29 is 14.6 Å². The number of aromatic amines is 1. The van der Waals surface area contributed by atoms with Crippen LogP contribution >= 0.6 is 23.4 Å². The number of thioether (sulfide) groups is 1. The second-order valence-electron chi connectivity index (χ2n) is 6.74. The summed E-state index contributed by atoms with van der Waals surface area (Å²) in [6, 6.07) is 12.1. The molecule has 1 aromatic heterocycles. The van der Waals surface area contributed by atoms with Crippen molar-refractivity contribution in [1.29, 1.82) is 0 Å². The summed E-state index contributed by atoms with van der Waals surface area (Å²) in [6.45, 7) is 0. The van der Waals surface area contributed by atoms with E-state index in [-0.39, 0.29) is 29.5 Å². The van der Waals surface area contributed by atoms with Gasteiger partial charge in [-0.15, -0.1) is 0 Å². The number of nitrogens with zero attached hydrogens (tertiary/aromatic N) is 1. The number of hydrogen-bond acceptors (Lipinski definition) is 6. The number of carbonyl (C=O) groups excluding carboxylic acids is 1. The van der Waals surface area contributed by atoms with Gasteiger partial charge in [-0.05, 0) is 17.7 Å². The van der Waals surface area contributed by atoms with Crippen LogP contribution in [0.5, 0.6) is 11.5 Å². The third kappa shape index (κ3) is 4.01. The first-order valence-corrected chi connectivity index (χ1v) is 10.5. The number of carbonyl (C=O) groups is 1. The van der Waals surface area contributed by atoms with E-state index in [1.807, 2.05) is 18.2 Å². The monoisotopic (exact) mass is 443 g/mol. The number of methoxy groups -OCH3 is 1. The van der Waals surface area contributed by atoms with Gasteiger partial charge in [-0.1, -0.05) is 47.6 Å². The van der Waals surface area contributed by atoms with E-state index in [0.29, 0.717) is 32.8 Å². The highest BCUT2D eigenvalue weighted by Gasteiger charge is 2.32. The van der Waals surface area contributed by atoms with E-state index in [1.165, 1.54) is 31.0 Å². The fourth-order valence-corrected chi connectivity index (χ4v) is 4.58. The highest BCUT2D eigenvalue weighted by Crippen LogP contribution is 2.40. The second kappa shape index (κ2) is 8.41. The van der Waals surface area contributed by atoms with Gasteiger partial charge < -0.3 is 20.1 Å². The molecule has 1 amide bonds. The molecule has 0 saturated carbocycles. The summed E-state index contributed by atoms with van der Waals surface area (Å²) >= 11 is 7.51. The summed E-state index contributed by atoms with van der Waals surface area (Å²) in [6.07, 6.45) is 0.0744.